The fourth-order valence-corrected chi connectivity index (χ4v) is 4.66. The van der Waals surface area contributed by atoms with E-state index in [0.29, 0.717) is 18.0 Å². The molecule has 6 heteroatoms. The summed E-state index contributed by atoms with van der Waals surface area (Å²) in [6.07, 6.45) is 1.51. The second-order valence-electron chi connectivity index (χ2n) is 4.99. The number of hydrogen-bond donors (Lipinski definition) is 1. The molecule has 3 rings (SSSR count). The topological polar surface area (TPSA) is 66.5 Å². The zero-order valence-electron chi connectivity index (χ0n) is 10.5. The third kappa shape index (κ3) is 2.04. The number of carbonyl (C=O) groups is 1. The molecule has 1 aromatic carbocycles. The van der Waals surface area contributed by atoms with Gasteiger partial charge in [0.2, 0.25) is 15.9 Å². The second kappa shape index (κ2) is 4.61. The highest BCUT2D eigenvalue weighted by Crippen LogP contribution is 2.31. The lowest BCUT2D eigenvalue weighted by Gasteiger charge is -2.34. The molecule has 0 bridgehead atoms. The molecule has 0 aromatic heterocycles. The lowest BCUT2D eigenvalue weighted by Crippen LogP contribution is -2.48. The van der Waals surface area contributed by atoms with Crippen LogP contribution >= 0.6 is 0 Å². The normalized spacial score (nSPS) is 27.9. The van der Waals surface area contributed by atoms with E-state index in [1.54, 1.807) is 30.3 Å². The van der Waals surface area contributed by atoms with Crippen LogP contribution in [0.25, 0.3) is 0 Å². The van der Waals surface area contributed by atoms with Gasteiger partial charge in [0.05, 0.1) is 16.9 Å². The summed E-state index contributed by atoms with van der Waals surface area (Å²) in [6.45, 7) is 0.920. The van der Waals surface area contributed by atoms with Crippen molar-refractivity contribution >= 4 is 15.9 Å². The van der Waals surface area contributed by atoms with Gasteiger partial charge in [0.1, 0.15) is 0 Å². The quantitative estimate of drug-likeness (QED) is 0.862. The molecule has 2 aliphatic rings. The van der Waals surface area contributed by atoms with E-state index in [9.17, 15) is 13.2 Å². The molecule has 1 aromatic rings. The number of rotatable bonds is 2. The SMILES string of the molecule is O=C1NCC2C1CCCN2S(=O)(=O)c1ccccc1. The molecule has 0 radical (unpaired) electrons. The molecule has 102 valence electrons. The number of fused-ring (bicyclic) bond motifs is 1. The van der Waals surface area contributed by atoms with Gasteiger partial charge in [-0.1, -0.05) is 18.2 Å². The van der Waals surface area contributed by atoms with Crippen molar-refractivity contribution < 1.29 is 13.2 Å². The highest BCUT2D eigenvalue weighted by atomic mass is 32.2. The third-order valence-electron chi connectivity index (χ3n) is 3.90. The molecule has 2 heterocycles. The Bertz CT molecular complexity index is 585. The molecule has 0 spiro atoms. The van der Waals surface area contributed by atoms with E-state index in [0.717, 1.165) is 12.8 Å². The first kappa shape index (κ1) is 12.6. The summed E-state index contributed by atoms with van der Waals surface area (Å²) >= 11 is 0. The molecule has 1 N–H and O–H groups in total. The molecule has 0 saturated carbocycles. The molecule has 2 saturated heterocycles. The lowest BCUT2D eigenvalue weighted by molar-refractivity contribution is -0.123. The predicted octanol–water partition coefficient (Wildman–Crippen LogP) is 0.586. The maximum Gasteiger partial charge on any atom is 0.243 e. The summed E-state index contributed by atoms with van der Waals surface area (Å²) in [6, 6.07) is 8.19. The molecular formula is C13H16N2O3S. The van der Waals surface area contributed by atoms with Crippen molar-refractivity contribution in [1.82, 2.24) is 9.62 Å². The first-order chi connectivity index (χ1) is 9.10. The van der Waals surface area contributed by atoms with Gasteiger partial charge in [-0.3, -0.25) is 4.79 Å². The van der Waals surface area contributed by atoms with Crippen LogP contribution in [0.1, 0.15) is 12.8 Å². The molecular weight excluding hydrogens is 264 g/mol. The second-order valence-corrected chi connectivity index (χ2v) is 6.88. The fraction of sp³-hybridized carbons (Fsp3) is 0.462. The van der Waals surface area contributed by atoms with Crippen LogP contribution in [0.3, 0.4) is 0 Å². The van der Waals surface area contributed by atoms with Crippen molar-refractivity contribution in [2.45, 2.75) is 23.8 Å². The summed E-state index contributed by atoms with van der Waals surface area (Å²) in [4.78, 5) is 12.0. The number of nitrogens with one attached hydrogen (secondary N) is 1. The van der Waals surface area contributed by atoms with Crippen LogP contribution in [-0.4, -0.2) is 37.8 Å². The van der Waals surface area contributed by atoms with E-state index in [4.69, 9.17) is 0 Å². The summed E-state index contributed by atoms with van der Waals surface area (Å²) < 4.78 is 26.7. The Morgan fingerprint density at radius 3 is 2.68 bits per heavy atom. The highest BCUT2D eigenvalue weighted by Gasteiger charge is 2.45. The zero-order valence-corrected chi connectivity index (χ0v) is 11.3. The van der Waals surface area contributed by atoms with Gasteiger partial charge in [-0.25, -0.2) is 8.42 Å². The average Bonchev–Trinajstić information content (AvgIpc) is 2.81. The number of sulfonamides is 1. The van der Waals surface area contributed by atoms with E-state index in [1.807, 2.05) is 0 Å². The van der Waals surface area contributed by atoms with E-state index in [2.05, 4.69) is 5.32 Å². The van der Waals surface area contributed by atoms with Gasteiger partial charge in [0.15, 0.2) is 0 Å². The van der Waals surface area contributed by atoms with Crippen molar-refractivity contribution in [2.75, 3.05) is 13.1 Å². The van der Waals surface area contributed by atoms with Crippen LogP contribution in [-0.2, 0) is 14.8 Å². The van der Waals surface area contributed by atoms with Crippen molar-refractivity contribution in [3.63, 3.8) is 0 Å². The molecule has 1 amide bonds. The first-order valence-electron chi connectivity index (χ1n) is 6.45. The van der Waals surface area contributed by atoms with Gasteiger partial charge in [-0.05, 0) is 25.0 Å². The summed E-state index contributed by atoms with van der Waals surface area (Å²) in [5.74, 6) is -0.204. The van der Waals surface area contributed by atoms with Crippen LogP contribution in [0, 0.1) is 5.92 Å². The smallest absolute Gasteiger partial charge is 0.243 e. The standard InChI is InChI=1S/C13H16N2O3S/c16-13-11-7-4-8-15(12(11)9-14-13)19(17,18)10-5-2-1-3-6-10/h1-3,5-6,11-12H,4,7-9H2,(H,14,16). The minimum absolute atomic E-state index is 0.0158. The van der Waals surface area contributed by atoms with Crippen LogP contribution < -0.4 is 5.32 Å². The van der Waals surface area contributed by atoms with Crippen molar-refractivity contribution in [2.24, 2.45) is 5.92 Å². The minimum atomic E-state index is -3.50. The van der Waals surface area contributed by atoms with Crippen molar-refractivity contribution in [3.8, 4) is 0 Å². The Kier molecular flexibility index (Phi) is 3.06. The maximum absolute atomic E-state index is 12.6. The van der Waals surface area contributed by atoms with Gasteiger partial charge in [-0.15, -0.1) is 0 Å². The summed E-state index contributed by atoms with van der Waals surface area (Å²) in [5, 5.41) is 2.77. The van der Waals surface area contributed by atoms with Crippen LogP contribution in [0.15, 0.2) is 35.2 Å². The number of nitrogens with zero attached hydrogens (tertiary/aromatic N) is 1. The van der Waals surface area contributed by atoms with E-state index < -0.39 is 10.0 Å². The Balaban J connectivity index is 1.95. The van der Waals surface area contributed by atoms with Crippen molar-refractivity contribution in [1.29, 1.82) is 0 Å². The number of carbonyl (C=O) groups excluding carboxylic acids is 1. The minimum Gasteiger partial charge on any atom is -0.354 e. The Hall–Kier alpha value is -1.40. The molecule has 0 aliphatic carbocycles. The lowest BCUT2D eigenvalue weighted by atomic mass is 9.93. The third-order valence-corrected chi connectivity index (χ3v) is 5.84. The average molecular weight is 280 g/mol. The van der Waals surface area contributed by atoms with E-state index in [1.165, 1.54) is 4.31 Å². The molecule has 5 nitrogen and oxygen atoms in total. The fourth-order valence-electron chi connectivity index (χ4n) is 2.94. The molecule has 2 fully saturated rings. The van der Waals surface area contributed by atoms with Gasteiger partial charge in [0.25, 0.3) is 0 Å². The van der Waals surface area contributed by atoms with Crippen molar-refractivity contribution in [3.05, 3.63) is 30.3 Å². The number of piperidine rings is 1. The van der Waals surface area contributed by atoms with E-state index >= 15 is 0 Å². The summed E-state index contributed by atoms with van der Waals surface area (Å²) in [7, 11) is -3.50. The molecule has 2 unspecified atom stereocenters. The predicted molar refractivity (Wildman–Crippen MR) is 69.9 cm³/mol. The maximum atomic E-state index is 12.6. The van der Waals surface area contributed by atoms with Gasteiger partial charge >= 0.3 is 0 Å². The Labute approximate surface area is 112 Å². The molecule has 19 heavy (non-hydrogen) atoms. The first-order valence-corrected chi connectivity index (χ1v) is 7.89. The van der Waals surface area contributed by atoms with Gasteiger partial charge < -0.3 is 5.32 Å². The monoisotopic (exact) mass is 280 g/mol. The van der Waals surface area contributed by atoms with Crippen LogP contribution in [0.5, 0.6) is 0 Å². The molecule has 2 atom stereocenters. The Morgan fingerprint density at radius 2 is 1.95 bits per heavy atom. The number of hydrogen-bond acceptors (Lipinski definition) is 3. The molecule has 2 aliphatic heterocycles. The van der Waals surface area contributed by atoms with Gasteiger partial charge in [0, 0.05) is 13.1 Å². The van der Waals surface area contributed by atoms with Gasteiger partial charge in [-0.2, -0.15) is 4.31 Å². The zero-order chi connectivity index (χ0) is 13.5. The summed E-state index contributed by atoms with van der Waals surface area (Å²) in [5.41, 5.74) is 0. The van der Waals surface area contributed by atoms with Crippen LogP contribution in [0.4, 0.5) is 0 Å². The van der Waals surface area contributed by atoms with Crippen LogP contribution in [0.2, 0.25) is 0 Å². The Morgan fingerprint density at radius 1 is 1.21 bits per heavy atom. The highest BCUT2D eigenvalue weighted by molar-refractivity contribution is 7.89. The number of amides is 1. The number of benzene rings is 1. The van der Waals surface area contributed by atoms with E-state index in [-0.39, 0.29) is 17.9 Å². The largest absolute Gasteiger partial charge is 0.354 e.